The number of imidazole rings is 1. The van der Waals surface area contributed by atoms with Gasteiger partial charge in [0.15, 0.2) is 23.1 Å². The number of nitrogens with one attached hydrogen (secondary N) is 1. The minimum Gasteiger partial charge on any atom is -0.368 e. The predicted octanol–water partition coefficient (Wildman–Crippen LogP) is 4.10. The molecule has 0 aliphatic rings. The number of nitrogens with zero attached hydrogens (tertiary/aromatic N) is 4. The van der Waals surface area contributed by atoms with Gasteiger partial charge < -0.3 is 9.88 Å². The standard InChI is InChI=1S/C19H23N5O/c1-5-9-20-18-16-19(24(11-21-16)12(2)3)23-17(22-18)15-8-6-7-14(10-15)13(4)25/h6-8,10-12H,5,9H2,1-4H3,(H,20,22,23). The van der Waals surface area contributed by atoms with Gasteiger partial charge in [-0.1, -0.05) is 25.1 Å². The number of Topliss-reactive ketones (excluding diaryl/α,β-unsaturated/α-hetero) is 1. The second-order valence-corrected chi connectivity index (χ2v) is 6.38. The summed E-state index contributed by atoms with van der Waals surface area (Å²) in [5, 5.41) is 3.34. The average molecular weight is 337 g/mol. The predicted molar refractivity (Wildman–Crippen MR) is 99.9 cm³/mol. The van der Waals surface area contributed by atoms with Gasteiger partial charge >= 0.3 is 0 Å². The molecule has 130 valence electrons. The number of anilines is 1. The van der Waals surface area contributed by atoms with Crippen LogP contribution in [0, 0.1) is 0 Å². The van der Waals surface area contributed by atoms with E-state index in [2.05, 4.69) is 36.1 Å². The van der Waals surface area contributed by atoms with Crippen LogP contribution in [0.25, 0.3) is 22.6 Å². The highest BCUT2D eigenvalue weighted by atomic mass is 16.1. The zero-order chi connectivity index (χ0) is 18.0. The van der Waals surface area contributed by atoms with Crippen LogP contribution < -0.4 is 5.32 Å². The van der Waals surface area contributed by atoms with E-state index in [0.29, 0.717) is 11.4 Å². The smallest absolute Gasteiger partial charge is 0.166 e. The normalized spacial score (nSPS) is 11.2. The minimum atomic E-state index is 0.0273. The van der Waals surface area contributed by atoms with E-state index in [1.807, 2.05) is 22.8 Å². The number of hydrogen-bond donors (Lipinski definition) is 1. The molecule has 0 bridgehead atoms. The third kappa shape index (κ3) is 3.38. The molecule has 2 aromatic heterocycles. The Labute approximate surface area is 147 Å². The van der Waals surface area contributed by atoms with Crippen LogP contribution in [0.4, 0.5) is 5.82 Å². The average Bonchev–Trinajstić information content (AvgIpc) is 3.04. The lowest BCUT2D eigenvalue weighted by atomic mass is 10.1. The Morgan fingerprint density at radius 3 is 2.76 bits per heavy atom. The fraction of sp³-hybridized carbons (Fsp3) is 0.368. The van der Waals surface area contributed by atoms with Crippen LogP contribution in [0.5, 0.6) is 0 Å². The van der Waals surface area contributed by atoms with Gasteiger partial charge in [0, 0.05) is 23.7 Å². The van der Waals surface area contributed by atoms with E-state index in [1.54, 1.807) is 19.3 Å². The number of aromatic nitrogens is 4. The first-order chi connectivity index (χ1) is 12.0. The Kier molecular flexibility index (Phi) is 4.79. The Bertz CT molecular complexity index is 913. The van der Waals surface area contributed by atoms with Crippen molar-refractivity contribution in [2.24, 2.45) is 0 Å². The Hall–Kier alpha value is -2.76. The van der Waals surface area contributed by atoms with Crippen LogP contribution in [-0.2, 0) is 0 Å². The van der Waals surface area contributed by atoms with Crippen LogP contribution in [0.2, 0.25) is 0 Å². The molecule has 3 aromatic rings. The minimum absolute atomic E-state index is 0.0273. The maximum Gasteiger partial charge on any atom is 0.166 e. The lowest BCUT2D eigenvalue weighted by Crippen LogP contribution is -2.07. The summed E-state index contributed by atoms with van der Waals surface area (Å²) in [6.07, 6.45) is 2.79. The number of ketones is 1. The number of hydrogen-bond acceptors (Lipinski definition) is 5. The molecule has 0 saturated carbocycles. The van der Waals surface area contributed by atoms with Crippen LogP contribution in [0.15, 0.2) is 30.6 Å². The summed E-state index contributed by atoms with van der Waals surface area (Å²) in [6, 6.07) is 7.67. The molecule has 0 saturated heterocycles. The van der Waals surface area contributed by atoms with E-state index < -0.39 is 0 Å². The SMILES string of the molecule is CCCNc1nc(-c2cccc(C(C)=O)c2)nc2c1ncn2C(C)C. The van der Waals surface area contributed by atoms with Crippen molar-refractivity contribution in [1.29, 1.82) is 0 Å². The molecule has 0 radical (unpaired) electrons. The Morgan fingerprint density at radius 2 is 2.08 bits per heavy atom. The largest absolute Gasteiger partial charge is 0.368 e. The molecule has 25 heavy (non-hydrogen) atoms. The van der Waals surface area contributed by atoms with Crippen molar-refractivity contribution >= 4 is 22.8 Å². The molecule has 3 rings (SSSR count). The van der Waals surface area contributed by atoms with Gasteiger partial charge in [0.25, 0.3) is 0 Å². The van der Waals surface area contributed by atoms with Crippen LogP contribution in [0.3, 0.4) is 0 Å². The molecule has 0 atom stereocenters. The third-order valence-corrected chi connectivity index (χ3v) is 4.05. The maximum absolute atomic E-state index is 11.7. The van der Waals surface area contributed by atoms with Gasteiger partial charge in [-0.2, -0.15) is 0 Å². The van der Waals surface area contributed by atoms with Gasteiger partial charge in [-0.25, -0.2) is 15.0 Å². The molecular weight excluding hydrogens is 314 g/mol. The summed E-state index contributed by atoms with van der Waals surface area (Å²) in [7, 11) is 0. The fourth-order valence-electron chi connectivity index (χ4n) is 2.67. The molecule has 6 heteroatoms. The van der Waals surface area contributed by atoms with Crippen molar-refractivity contribution in [3.63, 3.8) is 0 Å². The van der Waals surface area contributed by atoms with Crippen molar-refractivity contribution in [1.82, 2.24) is 19.5 Å². The van der Waals surface area contributed by atoms with Crippen molar-refractivity contribution < 1.29 is 4.79 Å². The number of carbonyl (C=O) groups is 1. The van der Waals surface area contributed by atoms with Crippen LogP contribution in [0.1, 0.15) is 50.5 Å². The van der Waals surface area contributed by atoms with E-state index in [9.17, 15) is 4.79 Å². The van der Waals surface area contributed by atoms with Gasteiger partial charge in [-0.15, -0.1) is 0 Å². The van der Waals surface area contributed by atoms with Crippen molar-refractivity contribution in [2.75, 3.05) is 11.9 Å². The van der Waals surface area contributed by atoms with Crippen molar-refractivity contribution in [3.8, 4) is 11.4 Å². The molecule has 0 fully saturated rings. The molecule has 2 heterocycles. The molecule has 0 aliphatic carbocycles. The Morgan fingerprint density at radius 1 is 1.28 bits per heavy atom. The quantitative estimate of drug-likeness (QED) is 0.686. The number of carbonyl (C=O) groups excluding carboxylic acids is 1. The summed E-state index contributed by atoms with van der Waals surface area (Å²) in [6.45, 7) is 8.67. The molecule has 0 unspecified atom stereocenters. The first-order valence-electron chi connectivity index (χ1n) is 8.61. The zero-order valence-electron chi connectivity index (χ0n) is 15.1. The van der Waals surface area contributed by atoms with E-state index >= 15 is 0 Å². The lowest BCUT2D eigenvalue weighted by Gasteiger charge is -2.11. The molecule has 0 amide bonds. The summed E-state index contributed by atoms with van der Waals surface area (Å²) >= 11 is 0. The third-order valence-electron chi connectivity index (χ3n) is 4.05. The summed E-state index contributed by atoms with van der Waals surface area (Å²) in [4.78, 5) is 25.6. The summed E-state index contributed by atoms with van der Waals surface area (Å²) in [5.41, 5.74) is 3.05. The highest BCUT2D eigenvalue weighted by Gasteiger charge is 2.16. The fourth-order valence-corrected chi connectivity index (χ4v) is 2.67. The first kappa shape index (κ1) is 17.1. The topological polar surface area (TPSA) is 72.7 Å². The highest BCUT2D eigenvalue weighted by molar-refractivity contribution is 5.95. The zero-order valence-corrected chi connectivity index (χ0v) is 15.1. The van der Waals surface area contributed by atoms with E-state index in [-0.39, 0.29) is 11.8 Å². The van der Waals surface area contributed by atoms with Crippen LogP contribution in [-0.4, -0.2) is 31.8 Å². The van der Waals surface area contributed by atoms with Gasteiger partial charge in [0.1, 0.15) is 5.52 Å². The molecule has 6 nitrogen and oxygen atoms in total. The van der Waals surface area contributed by atoms with Gasteiger partial charge in [0.05, 0.1) is 6.33 Å². The Balaban J connectivity index is 2.19. The van der Waals surface area contributed by atoms with Gasteiger partial charge in [0.2, 0.25) is 0 Å². The van der Waals surface area contributed by atoms with Crippen molar-refractivity contribution in [3.05, 3.63) is 36.2 Å². The second-order valence-electron chi connectivity index (χ2n) is 6.38. The molecule has 0 aliphatic heterocycles. The van der Waals surface area contributed by atoms with Crippen molar-refractivity contribution in [2.45, 2.75) is 40.2 Å². The second kappa shape index (κ2) is 7.01. The number of rotatable bonds is 6. The number of benzene rings is 1. The van der Waals surface area contributed by atoms with E-state index in [1.165, 1.54) is 0 Å². The number of fused-ring (bicyclic) bond motifs is 1. The summed E-state index contributed by atoms with van der Waals surface area (Å²) in [5.74, 6) is 1.35. The molecule has 1 aromatic carbocycles. The summed E-state index contributed by atoms with van der Waals surface area (Å²) < 4.78 is 2.03. The monoisotopic (exact) mass is 337 g/mol. The molecular formula is C19H23N5O. The maximum atomic E-state index is 11.7. The van der Waals surface area contributed by atoms with E-state index in [0.717, 1.165) is 35.5 Å². The first-order valence-corrected chi connectivity index (χ1v) is 8.61. The van der Waals surface area contributed by atoms with E-state index in [4.69, 9.17) is 4.98 Å². The molecule has 0 spiro atoms. The molecule has 1 N–H and O–H groups in total. The highest BCUT2D eigenvalue weighted by Crippen LogP contribution is 2.26. The van der Waals surface area contributed by atoms with Crippen LogP contribution >= 0.6 is 0 Å². The van der Waals surface area contributed by atoms with Gasteiger partial charge in [-0.3, -0.25) is 4.79 Å². The van der Waals surface area contributed by atoms with Gasteiger partial charge in [-0.05, 0) is 33.3 Å². The lowest BCUT2D eigenvalue weighted by molar-refractivity contribution is 0.101.